The minimum Gasteiger partial charge on any atom is -0.346 e. The molecule has 0 saturated heterocycles. The average molecular weight is 337 g/mol. The second kappa shape index (κ2) is 8.07. The van der Waals surface area contributed by atoms with Crippen molar-refractivity contribution in [3.05, 3.63) is 44.8 Å². The van der Waals surface area contributed by atoms with Crippen LogP contribution in [-0.2, 0) is 16.1 Å². The molecule has 22 heavy (non-hydrogen) atoms. The van der Waals surface area contributed by atoms with Crippen molar-refractivity contribution in [1.29, 1.82) is 0 Å². The van der Waals surface area contributed by atoms with E-state index in [9.17, 15) is 9.59 Å². The van der Waals surface area contributed by atoms with Gasteiger partial charge in [-0.25, -0.2) is 0 Å². The molecule has 2 amide bonds. The van der Waals surface area contributed by atoms with Crippen LogP contribution in [0, 0.1) is 0 Å². The number of nitrogens with zero attached hydrogens (tertiary/aromatic N) is 1. The molecule has 0 radical (unpaired) electrons. The maximum Gasteiger partial charge on any atom is 0.309 e. The Labute approximate surface area is 138 Å². The van der Waals surface area contributed by atoms with Gasteiger partial charge in [0.05, 0.1) is 12.6 Å². The van der Waals surface area contributed by atoms with Crippen molar-refractivity contribution in [1.82, 2.24) is 15.5 Å². The van der Waals surface area contributed by atoms with Gasteiger partial charge in [-0.15, -0.1) is 11.3 Å². The van der Waals surface area contributed by atoms with E-state index < -0.39 is 11.8 Å². The van der Waals surface area contributed by atoms with Crippen molar-refractivity contribution >= 4 is 34.5 Å². The first kappa shape index (κ1) is 16.7. The van der Waals surface area contributed by atoms with Crippen LogP contribution in [0.1, 0.15) is 16.5 Å². The van der Waals surface area contributed by atoms with Gasteiger partial charge in [-0.3, -0.25) is 9.59 Å². The highest BCUT2D eigenvalue weighted by molar-refractivity contribution is 7.09. The van der Waals surface area contributed by atoms with Crippen molar-refractivity contribution in [2.45, 2.75) is 12.6 Å². The molecule has 1 atom stereocenters. The molecule has 7 heteroatoms. The number of nitrogens with one attached hydrogen (secondary N) is 2. The lowest BCUT2D eigenvalue weighted by Crippen LogP contribution is -2.42. The Bertz CT molecular complexity index is 594. The highest BCUT2D eigenvalue weighted by Gasteiger charge is 2.18. The first-order valence-corrected chi connectivity index (χ1v) is 8.67. The molecule has 2 N–H and O–H groups in total. The Morgan fingerprint density at radius 3 is 2.55 bits per heavy atom. The fourth-order valence-corrected chi connectivity index (χ4v) is 3.35. The molecule has 0 aliphatic heterocycles. The van der Waals surface area contributed by atoms with Crippen LogP contribution in [0.15, 0.2) is 34.3 Å². The SMILES string of the molecule is CN(C)[C@@H](CNC(=O)C(=O)NCc1cccs1)c1ccsc1. The van der Waals surface area contributed by atoms with Crippen LogP contribution in [0.3, 0.4) is 0 Å². The molecule has 0 spiro atoms. The summed E-state index contributed by atoms with van der Waals surface area (Å²) in [6, 6.07) is 5.91. The molecular formula is C15H19N3O2S2. The van der Waals surface area contributed by atoms with Crippen LogP contribution >= 0.6 is 22.7 Å². The first-order chi connectivity index (χ1) is 10.6. The van der Waals surface area contributed by atoms with E-state index >= 15 is 0 Å². The number of amides is 2. The number of rotatable bonds is 6. The predicted octanol–water partition coefficient (Wildman–Crippen LogP) is 1.84. The molecule has 0 bridgehead atoms. The molecule has 2 rings (SSSR count). The van der Waals surface area contributed by atoms with Crippen LogP contribution in [0.5, 0.6) is 0 Å². The Hall–Kier alpha value is -1.70. The summed E-state index contributed by atoms with van der Waals surface area (Å²) in [4.78, 5) is 26.7. The van der Waals surface area contributed by atoms with Gasteiger partial charge in [0, 0.05) is 11.4 Å². The summed E-state index contributed by atoms with van der Waals surface area (Å²) < 4.78 is 0. The third-order valence-corrected chi connectivity index (χ3v) is 4.79. The molecule has 0 unspecified atom stereocenters. The number of carbonyl (C=O) groups is 2. The maximum atomic E-state index is 11.9. The van der Waals surface area contributed by atoms with Crippen molar-refractivity contribution in [3.8, 4) is 0 Å². The van der Waals surface area contributed by atoms with Crippen LogP contribution in [-0.4, -0.2) is 37.4 Å². The van der Waals surface area contributed by atoms with E-state index in [2.05, 4.69) is 10.6 Å². The lowest BCUT2D eigenvalue weighted by molar-refractivity contribution is -0.139. The summed E-state index contributed by atoms with van der Waals surface area (Å²) in [6.07, 6.45) is 0. The molecular weight excluding hydrogens is 318 g/mol. The average Bonchev–Trinajstić information content (AvgIpc) is 3.17. The van der Waals surface area contributed by atoms with Gasteiger partial charge in [-0.2, -0.15) is 11.3 Å². The monoisotopic (exact) mass is 337 g/mol. The quantitative estimate of drug-likeness (QED) is 0.791. The number of hydrogen-bond donors (Lipinski definition) is 2. The molecule has 2 heterocycles. The second-order valence-corrected chi connectivity index (χ2v) is 6.82. The summed E-state index contributed by atoms with van der Waals surface area (Å²) in [5.74, 6) is -1.20. The number of thiophene rings is 2. The van der Waals surface area contributed by atoms with Gasteiger partial charge in [0.2, 0.25) is 0 Å². The fraction of sp³-hybridized carbons (Fsp3) is 0.333. The van der Waals surface area contributed by atoms with Gasteiger partial charge in [0.15, 0.2) is 0 Å². The van der Waals surface area contributed by atoms with Crippen LogP contribution in [0.4, 0.5) is 0 Å². The summed E-state index contributed by atoms with van der Waals surface area (Å²) in [5.41, 5.74) is 1.13. The summed E-state index contributed by atoms with van der Waals surface area (Å²) in [7, 11) is 3.90. The lowest BCUT2D eigenvalue weighted by atomic mass is 10.1. The van der Waals surface area contributed by atoms with Gasteiger partial charge < -0.3 is 15.5 Å². The standard InChI is InChI=1S/C15H19N3O2S2/c1-18(2)13(11-5-7-21-10-11)9-17-15(20)14(19)16-8-12-4-3-6-22-12/h3-7,10,13H,8-9H2,1-2H3,(H,16,19)(H,17,20)/t13-/m0/s1. The van der Waals surface area contributed by atoms with E-state index in [0.717, 1.165) is 10.4 Å². The van der Waals surface area contributed by atoms with E-state index in [1.54, 1.807) is 22.7 Å². The van der Waals surface area contributed by atoms with Crippen LogP contribution < -0.4 is 10.6 Å². The molecule has 0 aliphatic rings. The van der Waals surface area contributed by atoms with Crippen molar-refractivity contribution in [2.24, 2.45) is 0 Å². The zero-order valence-electron chi connectivity index (χ0n) is 12.5. The van der Waals surface area contributed by atoms with E-state index in [-0.39, 0.29) is 6.04 Å². The molecule has 0 aromatic carbocycles. The van der Waals surface area contributed by atoms with Crippen molar-refractivity contribution in [3.63, 3.8) is 0 Å². The van der Waals surface area contributed by atoms with Crippen molar-refractivity contribution in [2.75, 3.05) is 20.6 Å². The molecule has 2 aromatic heterocycles. The topological polar surface area (TPSA) is 61.4 Å². The van der Waals surface area contributed by atoms with Gasteiger partial charge in [-0.1, -0.05) is 6.07 Å². The lowest BCUT2D eigenvalue weighted by Gasteiger charge is -2.23. The largest absolute Gasteiger partial charge is 0.346 e. The summed E-state index contributed by atoms with van der Waals surface area (Å²) in [5, 5.41) is 11.3. The fourth-order valence-electron chi connectivity index (χ4n) is 1.99. The normalized spacial score (nSPS) is 12.1. The van der Waals surface area contributed by atoms with Crippen LogP contribution in [0.25, 0.3) is 0 Å². The number of carbonyl (C=O) groups excluding carboxylic acids is 2. The predicted molar refractivity (Wildman–Crippen MR) is 89.9 cm³/mol. The highest BCUT2D eigenvalue weighted by atomic mass is 32.1. The van der Waals surface area contributed by atoms with Gasteiger partial charge >= 0.3 is 11.8 Å². The Kier molecular flexibility index (Phi) is 6.11. The van der Waals surface area contributed by atoms with Crippen LogP contribution in [0.2, 0.25) is 0 Å². The van der Waals surface area contributed by atoms with E-state index in [1.807, 2.05) is 53.3 Å². The van der Waals surface area contributed by atoms with E-state index in [1.165, 1.54) is 0 Å². The molecule has 0 fully saturated rings. The molecule has 118 valence electrons. The van der Waals surface area contributed by atoms with Gasteiger partial charge in [-0.05, 0) is 47.9 Å². The van der Waals surface area contributed by atoms with Gasteiger partial charge in [0.25, 0.3) is 0 Å². The zero-order valence-corrected chi connectivity index (χ0v) is 14.2. The smallest absolute Gasteiger partial charge is 0.309 e. The molecule has 0 aliphatic carbocycles. The molecule has 5 nitrogen and oxygen atoms in total. The Balaban J connectivity index is 1.81. The van der Waals surface area contributed by atoms with Gasteiger partial charge in [0.1, 0.15) is 0 Å². The first-order valence-electron chi connectivity index (χ1n) is 6.85. The summed E-state index contributed by atoms with van der Waals surface area (Å²) in [6.45, 7) is 0.778. The third-order valence-electron chi connectivity index (χ3n) is 3.22. The maximum absolute atomic E-state index is 11.9. The minimum absolute atomic E-state index is 0.0558. The van der Waals surface area contributed by atoms with Crippen molar-refractivity contribution < 1.29 is 9.59 Å². The second-order valence-electron chi connectivity index (χ2n) is 5.01. The molecule has 2 aromatic rings. The van der Waals surface area contributed by atoms with E-state index in [0.29, 0.717) is 13.1 Å². The summed E-state index contributed by atoms with van der Waals surface area (Å²) >= 11 is 3.16. The number of hydrogen-bond acceptors (Lipinski definition) is 5. The highest BCUT2D eigenvalue weighted by Crippen LogP contribution is 2.19. The zero-order chi connectivity index (χ0) is 15.9. The Morgan fingerprint density at radius 1 is 1.18 bits per heavy atom. The number of likely N-dealkylation sites (N-methyl/N-ethyl adjacent to an activating group) is 1. The molecule has 0 saturated carbocycles. The van der Waals surface area contributed by atoms with E-state index in [4.69, 9.17) is 0 Å². The minimum atomic E-state index is -0.601. The third kappa shape index (κ3) is 4.66. The Morgan fingerprint density at radius 2 is 1.95 bits per heavy atom.